The molecule has 4 rings (SSSR count). The first-order chi connectivity index (χ1) is 11.2. The summed E-state index contributed by atoms with van der Waals surface area (Å²) in [4.78, 5) is 4.63. The van der Waals surface area contributed by atoms with Crippen LogP contribution in [-0.2, 0) is 0 Å². The van der Waals surface area contributed by atoms with Crippen LogP contribution in [0.15, 0.2) is 36.5 Å². The Hall–Kier alpha value is -2.31. The lowest BCUT2D eigenvalue weighted by Crippen LogP contribution is -2.05. The third-order valence-corrected chi connectivity index (χ3v) is 5.11. The molecule has 4 heteroatoms. The normalized spacial score (nSPS) is 17.7. The molecule has 1 aliphatic carbocycles. The van der Waals surface area contributed by atoms with E-state index in [2.05, 4.69) is 23.2 Å². The zero-order chi connectivity index (χ0) is 16.0. The van der Waals surface area contributed by atoms with Crippen LogP contribution in [0.5, 0.6) is 0 Å². The molecule has 0 bridgehead atoms. The number of aromatic nitrogens is 2. The molecular weight excluding hydrogens is 306 g/mol. The Morgan fingerprint density at radius 2 is 2.26 bits per heavy atom. The maximum atomic E-state index is 9.69. The quantitative estimate of drug-likeness (QED) is 0.582. The van der Waals surface area contributed by atoms with Crippen molar-refractivity contribution in [2.45, 2.75) is 32.1 Å². The van der Waals surface area contributed by atoms with Crippen molar-refractivity contribution < 1.29 is 0 Å². The van der Waals surface area contributed by atoms with Gasteiger partial charge in [0.25, 0.3) is 0 Å². The number of halogens is 1. The minimum Gasteiger partial charge on any atom is -0.298 e. The second-order valence-corrected chi connectivity index (χ2v) is 6.42. The number of pyridine rings is 1. The smallest absolute Gasteiger partial charge is 0.138 e. The van der Waals surface area contributed by atoms with Gasteiger partial charge in [0.1, 0.15) is 17.2 Å². The van der Waals surface area contributed by atoms with Gasteiger partial charge in [0.15, 0.2) is 0 Å². The van der Waals surface area contributed by atoms with Crippen LogP contribution in [0.25, 0.3) is 16.7 Å². The number of nitrogens with zero attached hydrogens (tertiary/aromatic N) is 3. The summed E-state index contributed by atoms with van der Waals surface area (Å²) >= 11 is 6.83. The Bertz CT molecular complexity index is 991. The molecule has 0 amide bonds. The second-order valence-electron chi connectivity index (χ2n) is 6.04. The van der Waals surface area contributed by atoms with Crippen LogP contribution in [0.4, 0.5) is 0 Å². The molecule has 0 aliphatic heterocycles. The van der Waals surface area contributed by atoms with Gasteiger partial charge in [-0.15, -0.1) is 0 Å². The van der Waals surface area contributed by atoms with Crippen LogP contribution >= 0.6 is 11.6 Å². The summed E-state index contributed by atoms with van der Waals surface area (Å²) in [5.74, 6) is 0.280. The highest BCUT2D eigenvalue weighted by atomic mass is 35.5. The number of hydrogen-bond donors (Lipinski definition) is 0. The maximum absolute atomic E-state index is 9.69. The van der Waals surface area contributed by atoms with E-state index in [4.69, 9.17) is 11.6 Å². The third-order valence-electron chi connectivity index (χ3n) is 4.73. The van der Waals surface area contributed by atoms with Crippen molar-refractivity contribution in [2.75, 3.05) is 0 Å². The van der Waals surface area contributed by atoms with Crippen molar-refractivity contribution in [1.82, 2.24) is 9.38 Å². The van der Waals surface area contributed by atoms with Crippen molar-refractivity contribution in [3.63, 3.8) is 0 Å². The molecule has 2 aromatic heterocycles. The molecule has 0 saturated carbocycles. The summed E-state index contributed by atoms with van der Waals surface area (Å²) in [5.41, 5.74) is 5.05. The topological polar surface area (TPSA) is 41.1 Å². The lowest BCUT2D eigenvalue weighted by atomic mass is 9.85. The average Bonchev–Trinajstić information content (AvgIpc) is 2.95. The molecule has 0 fully saturated rings. The summed E-state index contributed by atoms with van der Waals surface area (Å²) in [7, 11) is 0. The average molecular weight is 322 g/mol. The van der Waals surface area contributed by atoms with Crippen molar-refractivity contribution in [3.05, 3.63) is 58.3 Å². The lowest BCUT2D eigenvalue weighted by Gasteiger charge is -2.21. The first kappa shape index (κ1) is 14.3. The zero-order valence-corrected chi connectivity index (χ0v) is 13.6. The van der Waals surface area contributed by atoms with Gasteiger partial charge in [0.05, 0.1) is 16.1 Å². The molecule has 1 aromatic carbocycles. The predicted octanol–water partition coefficient (Wildman–Crippen LogP) is 5.14. The fourth-order valence-corrected chi connectivity index (χ4v) is 4.08. The van der Waals surface area contributed by atoms with Gasteiger partial charge < -0.3 is 0 Å². The van der Waals surface area contributed by atoms with E-state index in [9.17, 15) is 5.26 Å². The van der Waals surface area contributed by atoms with Gasteiger partial charge in [-0.3, -0.25) is 4.40 Å². The van der Waals surface area contributed by atoms with Crippen LogP contribution in [0, 0.1) is 18.3 Å². The number of hydrogen-bond acceptors (Lipinski definition) is 2. The number of fused-ring (bicyclic) bond motifs is 3. The van der Waals surface area contributed by atoms with Crippen LogP contribution in [0.1, 0.15) is 41.9 Å². The Labute approximate surface area is 139 Å². The number of imidazole rings is 1. The molecule has 0 radical (unpaired) electrons. The number of rotatable bonds is 1. The number of benzene rings is 1. The molecule has 1 aliphatic rings. The van der Waals surface area contributed by atoms with E-state index in [0.29, 0.717) is 11.1 Å². The molecule has 3 nitrogen and oxygen atoms in total. The first-order valence-corrected chi connectivity index (χ1v) is 8.25. The molecule has 3 aromatic rings. The van der Waals surface area contributed by atoms with Crippen LogP contribution in [0.2, 0.25) is 5.02 Å². The standard InChI is InChI=1S/C19H16ClN3/c1-12-14(11-21)18-19(23-10-6-5-9-15(23)22-18)17(20)16(12)13-7-3-2-4-8-13/h3,5-7,9-10,13H,2,4,8H2,1H3. The molecule has 0 saturated heterocycles. The summed E-state index contributed by atoms with van der Waals surface area (Å²) in [6.07, 6.45) is 9.75. The van der Waals surface area contributed by atoms with Crippen LogP contribution in [0.3, 0.4) is 0 Å². The van der Waals surface area contributed by atoms with Gasteiger partial charge in [0, 0.05) is 12.1 Å². The maximum Gasteiger partial charge on any atom is 0.138 e. The largest absolute Gasteiger partial charge is 0.298 e. The van der Waals surface area contributed by atoms with Crippen molar-refractivity contribution in [1.29, 1.82) is 5.26 Å². The summed E-state index contributed by atoms with van der Waals surface area (Å²) < 4.78 is 1.98. The van der Waals surface area contributed by atoms with Gasteiger partial charge in [0.2, 0.25) is 0 Å². The molecule has 2 heterocycles. The van der Waals surface area contributed by atoms with Crippen molar-refractivity contribution in [3.8, 4) is 6.07 Å². The lowest BCUT2D eigenvalue weighted by molar-refractivity contribution is 0.652. The van der Waals surface area contributed by atoms with Gasteiger partial charge in [-0.25, -0.2) is 4.98 Å². The van der Waals surface area contributed by atoms with E-state index >= 15 is 0 Å². The predicted molar refractivity (Wildman–Crippen MR) is 92.9 cm³/mol. The van der Waals surface area contributed by atoms with Gasteiger partial charge >= 0.3 is 0 Å². The Morgan fingerprint density at radius 3 is 3.00 bits per heavy atom. The highest BCUT2D eigenvalue weighted by Crippen LogP contribution is 2.41. The SMILES string of the molecule is Cc1c(C2C=CCCC2)c(Cl)c2c(nc3ccccn32)c1C#N. The highest BCUT2D eigenvalue weighted by Gasteiger charge is 2.24. The fourth-order valence-electron chi connectivity index (χ4n) is 3.61. The van der Waals surface area contributed by atoms with E-state index < -0.39 is 0 Å². The highest BCUT2D eigenvalue weighted by molar-refractivity contribution is 6.36. The Kier molecular flexibility index (Phi) is 3.36. The minimum absolute atomic E-state index is 0.280. The molecular formula is C19H16ClN3. The number of allylic oxidation sites excluding steroid dienone is 2. The molecule has 1 unspecified atom stereocenters. The van der Waals surface area contributed by atoms with Crippen LogP contribution < -0.4 is 0 Å². The Morgan fingerprint density at radius 1 is 1.39 bits per heavy atom. The summed E-state index contributed by atoms with van der Waals surface area (Å²) in [5, 5.41) is 10.4. The second kappa shape index (κ2) is 5.40. The molecule has 1 atom stereocenters. The van der Waals surface area contributed by atoms with E-state index in [1.165, 1.54) is 0 Å². The minimum atomic E-state index is 0.280. The van der Waals surface area contributed by atoms with Crippen LogP contribution in [-0.4, -0.2) is 9.38 Å². The third kappa shape index (κ3) is 2.06. The van der Waals surface area contributed by atoms with Crippen molar-refractivity contribution in [2.24, 2.45) is 0 Å². The molecule has 0 N–H and O–H groups in total. The van der Waals surface area contributed by atoms with Gasteiger partial charge in [-0.1, -0.05) is 29.8 Å². The van der Waals surface area contributed by atoms with Gasteiger partial charge in [-0.05, 0) is 49.4 Å². The molecule has 0 spiro atoms. The van der Waals surface area contributed by atoms with Crippen molar-refractivity contribution >= 4 is 28.3 Å². The van der Waals surface area contributed by atoms with E-state index in [0.717, 1.165) is 46.6 Å². The monoisotopic (exact) mass is 321 g/mol. The summed E-state index contributed by atoms with van der Waals surface area (Å²) in [6, 6.07) is 8.18. The summed E-state index contributed by atoms with van der Waals surface area (Å²) in [6.45, 7) is 1.99. The zero-order valence-electron chi connectivity index (χ0n) is 12.9. The van der Waals surface area contributed by atoms with Gasteiger partial charge in [-0.2, -0.15) is 5.26 Å². The number of nitriles is 1. The van der Waals surface area contributed by atoms with E-state index in [-0.39, 0.29) is 5.92 Å². The fraction of sp³-hybridized carbons (Fsp3) is 0.263. The van der Waals surface area contributed by atoms with E-state index in [1.807, 2.05) is 35.7 Å². The van der Waals surface area contributed by atoms with E-state index in [1.54, 1.807) is 0 Å². The Balaban J connectivity index is 2.15. The first-order valence-electron chi connectivity index (χ1n) is 7.88. The molecule has 23 heavy (non-hydrogen) atoms. The molecule has 114 valence electrons.